The number of anilines is 1. The number of methoxy groups -OCH3 is 1. The van der Waals surface area contributed by atoms with E-state index in [2.05, 4.69) is 22.0 Å². The van der Waals surface area contributed by atoms with Crippen molar-refractivity contribution in [2.75, 3.05) is 25.1 Å². The van der Waals surface area contributed by atoms with E-state index in [0.29, 0.717) is 5.92 Å². The zero-order valence-electron chi connectivity index (χ0n) is 12.4. The van der Waals surface area contributed by atoms with Crippen molar-refractivity contribution in [1.29, 1.82) is 0 Å². The fraction of sp³-hybridized carbons (Fsp3) is 0.294. The van der Waals surface area contributed by atoms with Crippen molar-refractivity contribution in [3.63, 3.8) is 0 Å². The Balaban J connectivity index is 1.74. The normalized spacial score (nSPS) is 17.5. The van der Waals surface area contributed by atoms with Gasteiger partial charge in [-0.25, -0.2) is 9.78 Å². The first-order chi connectivity index (χ1) is 10.7. The highest BCUT2D eigenvalue weighted by molar-refractivity contribution is 5.85. The van der Waals surface area contributed by atoms with Crippen molar-refractivity contribution in [1.82, 2.24) is 4.98 Å². The third kappa shape index (κ3) is 2.88. The van der Waals surface area contributed by atoms with Gasteiger partial charge in [0.05, 0.1) is 7.11 Å². The minimum absolute atomic E-state index is 0.0883. The van der Waals surface area contributed by atoms with Crippen molar-refractivity contribution >= 4 is 11.8 Å². The van der Waals surface area contributed by atoms with E-state index in [1.165, 1.54) is 11.6 Å². The fourth-order valence-corrected chi connectivity index (χ4v) is 2.84. The molecule has 1 aliphatic heterocycles. The molecule has 0 spiro atoms. The summed E-state index contributed by atoms with van der Waals surface area (Å²) in [5.41, 5.74) is 1.36. The SMILES string of the molecule is COc1ccc(C2CCN(c3cccc(C(=O)O)n3)C2)cc1. The molecule has 1 unspecified atom stereocenters. The van der Waals surface area contributed by atoms with E-state index in [1.807, 2.05) is 18.2 Å². The number of carbonyl (C=O) groups is 1. The Labute approximate surface area is 129 Å². The molecule has 1 saturated heterocycles. The van der Waals surface area contributed by atoms with Crippen molar-refractivity contribution in [3.05, 3.63) is 53.7 Å². The highest BCUT2D eigenvalue weighted by Crippen LogP contribution is 2.30. The van der Waals surface area contributed by atoms with Crippen molar-refractivity contribution in [2.45, 2.75) is 12.3 Å². The van der Waals surface area contributed by atoms with Gasteiger partial charge in [-0.2, -0.15) is 0 Å². The largest absolute Gasteiger partial charge is 0.497 e. The number of carboxylic acids is 1. The van der Waals surface area contributed by atoms with Crippen LogP contribution in [-0.2, 0) is 0 Å². The van der Waals surface area contributed by atoms with Crippen LogP contribution in [0.5, 0.6) is 5.75 Å². The quantitative estimate of drug-likeness (QED) is 0.940. The standard InChI is InChI=1S/C17H18N2O3/c1-22-14-7-5-12(6-8-14)13-9-10-19(11-13)16-4-2-3-15(18-16)17(20)21/h2-8,13H,9-11H2,1H3,(H,20,21). The maximum absolute atomic E-state index is 11.0. The molecule has 114 valence electrons. The minimum Gasteiger partial charge on any atom is -0.497 e. The number of aromatic nitrogens is 1. The number of carboxylic acid groups (broad SMARTS) is 1. The number of nitrogens with zero attached hydrogens (tertiary/aromatic N) is 2. The molecule has 1 atom stereocenters. The van der Waals surface area contributed by atoms with E-state index in [-0.39, 0.29) is 5.69 Å². The van der Waals surface area contributed by atoms with Gasteiger partial charge >= 0.3 is 5.97 Å². The molecule has 1 fully saturated rings. The van der Waals surface area contributed by atoms with Crippen molar-refractivity contribution < 1.29 is 14.6 Å². The lowest BCUT2D eigenvalue weighted by Gasteiger charge is -2.18. The minimum atomic E-state index is -0.993. The van der Waals surface area contributed by atoms with Gasteiger partial charge < -0.3 is 14.7 Å². The Morgan fingerprint density at radius 2 is 2.05 bits per heavy atom. The third-order valence-corrected chi connectivity index (χ3v) is 4.05. The second-order valence-corrected chi connectivity index (χ2v) is 5.39. The molecular formula is C17H18N2O3. The predicted molar refractivity (Wildman–Crippen MR) is 83.8 cm³/mol. The van der Waals surface area contributed by atoms with Crippen LogP contribution in [0.25, 0.3) is 0 Å². The average molecular weight is 298 g/mol. The molecule has 5 heteroatoms. The van der Waals surface area contributed by atoms with Crippen LogP contribution in [0.15, 0.2) is 42.5 Å². The number of hydrogen-bond acceptors (Lipinski definition) is 4. The van der Waals surface area contributed by atoms with Crippen LogP contribution in [-0.4, -0.2) is 36.3 Å². The molecule has 0 amide bonds. The monoisotopic (exact) mass is 298 g/mol. The second-order valence-electron chi connectivity index (χ2n) is 5.39. The number of benzene rings is 1. The average Bonchev–Trinajstić information content (AvgIpc) is 3.05. The zero-order chi connectivity index (χ0) is 15.5. The maximum atomic E-state index is 11.0. The van der Waals surface area contributed by atoms with E-state index in [1.54, 1.807) is 13.2 Å². The predicted octanol–water partition coefficient (Wildman–Crippen LogP) is 2.78. The summed E-state index contributed by atoms with van der Waals surface area (Å²) >= 11 is 0. The summed E-state index contributed by atoms with van der Waals surface area (Å²) < 4.78 is 5.18. The molecule has 5 nitrogen and oxygen atoms in total. The summed E-state index contributed by atoms with van der Waals surface area (Å²) in [5.74, 6) is 1.03. The lowest BCUT2D eigenvalue weighted by Crippen LogP contribution is -2.21. The smallest absolute Gasteiger partial charge is 0.354 e. The van der Waals surface area contributed by atoms with Crippen LogP contribution in [0.4, 0.5) is 5.82 Å². The second kappa shape index (κ2) is 6.05. The Hall–Kier alpha value is -2.56. The topological polar surface area (TPSA) is 62.7 Å². The van der Waals surface area contributed by atoms with Gasteiger partial charge in [-0.1, -0.05) is 18.2 Å². The van der Waals surface area contributed by atoms with E-state index in [0.717, 1.165) is 31.1 Å². The Morgan fingerprint density at radius 1 is 1.27 bits per heavy atom. The summed E-state index contributed by atoms with van der Waals surface area (Å²) in [4.78, 5) is 17.4. The van der Waals surface area contributed by atoms with E-state index in [4.69, 9.17) is 9.84 Å². The number of ether oxygens (including phenoxy) is 1. The summed E-state index contributed by atoms with van der Waals surface area (Å²) in [7, 11) is 1.66. The molecule has 2 heterocycles. The first-order valence-corrected chi connectivity index (χ1v) is 7.26. The van der Waals surface area contributed by atoms with Gasteiger partial charge in [0.2, 0.25) is 0 Å². The molecule has 0 saturated carbocycles. The van der Waals surface area contributed by atoms with Gasteiger partial charge in [-0.15, -0.1) is 0 Å². The summed E-state index contributed by atoms with van der Waals surface area (Å²) in [6.45, 7) is 1.73. The molecule has 1 aromatic heterocycles. The summed E-state index contributed by atoms with van der Waals surface area (Å²) in [6.07, 6.45) is 1.03. The lowest BCUT2D eigenvalue weighted by molar-refractivity contribution is 0.0690. The van der Waals surface area contributed by atoms with E-state index < -0.39 is 5.97 Å². The number of pyridine rings is 1. The summed E-state index contributed by atoms with van der Waals surface area (Å²) in [6, 6.07) is 13.3. The molecule has 2 aromatic rings. The van der Waals surface area contributed by atoms with Crippen molar-refractivity contribution in [3.8, 4) is 5.75 Å². The molecule has 1 aromatic carbocycles. The third-order valence-electron chi connectivity index (χ3n) is 4.05. The molecular weight excluding hydrogens is 280 g/mol. The first-order valence-electron chi connectivity index (χ1n) is 7.26. The van der Waals surface area contributed by atoms with Gasteiger partial charge in [0.1, 0.15) is 11.6 Å². The number of aromatic carboxylic acids is 1. The van der Waals surface area contributed by atoms with Crippen molar-refractivity contribution in [2.24, 2.45) is 0 Å². The van der Waals surface area contributed by atoms with Crippen LogP contribution in [0.2, 0.25) is 0 Å². The van der Waals surface area contributed by atoms with Crippen LogP contribution in [0, 0.1) is 0 Å². The Bertz CT molecular complexity index is 670. The molecule has 1 N–H and O–H groups in total. The highest BCUT2D eigenvalue weighted by Gasteiger charge is 2.25. The van der Waals surface area contributed by atoms with Gasteiger partial charge in [0.15, 0.2) is 5.69 Å². The molecule has 1 aliphatic rings. The highest BCUT2D eigenvalue weighted by atomic mass is 16.5. The van der Waals surface area contributed by atoms with Crippen LogP contribution in [0.3, 0.4) is 0 Å². The number of rotatable bonds is 4. The Morgan fingerprint density at radius 3 is 2.73 bits per heavy atom. The fourth-order valence-electron chi connectivity index (χ4n) is 2.84. The Kier molecular flexibility index (Phi) is 3.96. The molecule has 0 aliphatic carbocycles. The van der Waals surface area contributed by atoms with Crippen LogP contribution >= 0.6 is 0 Å². The zero-order valence-corrected chi connectivity index (χ0v) is 12.4. The van der Waals surface area contributed by atoms with E-state index >= 15 is 0 Å². The lowest BCUT2D eigenvalue weighted by atomic mass is 9.98. The van der Waals surface area contributed by atoms with Gasteiger partial charge in [-0.3, -0.25) is 0 Å². The molecule has 0 radical (unpaired) electrons. The van der Waals surface area contributed by atoms with Crippen LogP contribution < -0.4 is 9.64 Å². The number of hydrogen-bond donors (Lipinski definition) is 1. The molecule has 22 heavy (non-hydrogen) atoms. The molecule has 0 bridgehead atoms. The maximum Gasteiger partial charge on any atom is 0.354 e. The van der Waals surface area contributed by atoms with Gasteiger partial charge in [0, 0.05) is 19.0 Å². The van der Waals surface area contributed by atoms with E-state index in [9.17, 15) is 4.79 Å². The molecule has 3 rings (SSSR count). The first kappa shape index (κ1) is 14.4. The van der Waals surface area contributed by atoms with Gasteiger partial charge in [-0.05, 0) is 36.2 Å². The van der Waals surface area contributed by atoms with Crippen LogP contribution in [0.1, 0.15) is 28.4 Å². The van der Waals surface area contributed by atoms with Gasteiger partial charge in [0.25, 0.3) is 0 Å². The summed E-state index contributed by atoms with van der Waals surface area (Å²) in [5, 5.41) is 9.04.